The molecule has 1 aliphatic heterocycles. The highest BCUT2D eigenvalue weighted by atomic mass is 16.5. The molecule has 0 bridgehead atoms. The van der Waals surface area contributed by atoms with Gasteiger partial charge in [-0.1, -0.05) is 0 Å². The molecule has 0 amide bonds. The summed E-state index contributed by atoms with van der Waals surface area (Å²) in [4.78, 5) is 22.1. The Balaban J connectivity index is 1.80. The summed E-state index contributed by atoms with van der Waals surface area (Å²) in [6, 6.07) is 1.58. The van der Waals surface area contributed by atoms with Crippen LogP contribution >= 0.6 is 0 Å². The van der Waals surface area contributed by atoms with E-state index in [1.807, 2.05) is 18.5 Å². The molecule has 2 aromatic rings. The standard InChI is InChI=1S/C17H24N4O3/c1-3-21-15-14(10-12(11-18-15)16(22)23)19-17(21)20(2)8-7-13-6-4-5-9-24-13/h10-11,13H,3-9H2,1-2H3,(H,22,23). The number of fused-ring (bicyclic) bond motifs is 1. The fourth-order valence-corrected chi connectivity index (χ4v) is 3.17. The Morgan fingerprint density at radius 3 is 3.00 bits per heavy atom. The van der Waals surface area contributed by atoms with Crippen molar-refractivity contribution in [2.24, 2.45) is 0 Å². The lowest BCUT2D eigenvalue weighted by Gasteiger charge is -2.25. The van der Waals surface area contributed by atoms with Gasteiger partial charge in [-0.2, -0.15) is 0 Å². The van der Waals surface area contributed by atoms with Crippen molar-refractivity contribution in [3.05, 3.63) is 17.8 Å². The van der Waals surface area contributed by atoms with Gasteiger partial charge in [0.25, 0.3) is 0 Å². The Morgan fingerprint density at radius 2 is 2.33 bits per heavy atom. The molecule has 0 aromatic carbocycles. The summed E-state index contributed by atoms with van der Waals surface area (Å²) in [7, 11) is 2.01. The van der Waals surface area contributed by atoms with Crippen molar-refractivity contribution in [3.63, 3.8) is 0 Å². The molecule has 0 saturated carbocycles. The van der Waals surface area contributed by atoms with E-state index in [1.54, 1.807) is 6.07 Å². The predicted octanol–water partition coefficient (Wildman–Crippen LogP) is 2.54. The minimum absolute atomic E-state index is 0.160. The highest BCUT2D eigenvalue weighted by molar-refractivity contribution is 5.91. The molecular weight excluding hydrogens is 308 g/mol. The van der Waals surface area contributed by atoms with Crippen LogP contribution in [0.25, 0.3) is 11.2 Å². The van der Waals surface area contributed by atoms with Crippen molar-refractivity contribution in [3.8, 4) is 0 Å². The highest BCUT2D eigenvalue weighted by Gasteiger charge is 2.19. The molecule has 2 aromatic heterocycles. The molecule has 1 aliphatic rings. The normalized spacial score (nSPS) is 18.0. The number of carboxylic acids is 1. The van der Waals surface area contributed by atoms with E-state index in [1.165, 1.54) is 12.6 Å². The number of ether oxygens (including phenoxy) is 1. The van der Waals surface area contributed by atoms with Crippen LogP contribution in [-0.4, -0.2) is 51.9 Å². The molecule has 1 atom stereocenters. The third kappa shape index (κ3) is 3.36. The highest BCUT2D eigenvalue weighted by Crippen LogP contribution is 2.23. The second-order valence-corrected chi connectivity index (χ2v) is 6.23. The lowest BCUT2D eigenvalue weighted by atomic mass is 10.1. The van der Waals surface area contributed by atoms with E-state index in [0.29, 0.717) is 11.6 Å². The quantitative estimate of drug-likeness (QED) is 0.875. The van der Waals surface area contributed by atoms with E-state index >= 15 is 0 Å². The maximum atomic E-state index is 11.1. The van der Waals surface area contributed by atoms with Crippen molar-refractivity contribution in [1.82, 2.24) is 14.5 Å². The average molecular weight is 332 g/mol. The van der Waals surface area contributed by atoms with E-state index in [4.69, 9.17) is 9.84 Å². The second-order valence-electron chi connectivity index (χ2n) is 6.23. The van der Waals surface area contributed by atoms with E-state index < -0.39 is 5.97 Å². The first kappa shape index (κ1) is 16.7. The molecule has 1 N–H and O–H groups in total. The van der Waals surface area contributed by atoms with Gasteiger partial charge in [0.15, 0.2) is 5.65 Å². The molecule has 3 rings (SSSR count). The number of pyridine rings is 1. The number of aromatic nitrogens is 3. The number of carbonyl (C=O) groups is 1. The van der Waals surface area contributed by atoms with Crippen LogP contribution in [0.4, 0.5) is 5.95 Å². The zero-order valence-electron chi connectivity index (χ0n) is 14.2. The van der Waals surface area contributed by atoms with Crippen LogP contribution in [-0.2, 0) is 11.3 Å². The van der Waals surface area contributed by atoms with Crippen LogP contribution < -0.4 is 4.90 Å². The summed E-state index contributed by atoms with van der Waals surface area (Å²) in [5.41, 5.74) is 1.50. The summed E-state index contributed by atoms with van der Waals surface area (Å²) in [6.07, 6.45) is 6.22. The van der Waals surface area contributed by atoms with Gasteiger partial charge in [0, 0.05) is 32.9 Å². The molecule has 0 spiro atoms. The van der Waals surface area contributed by atoms with Gasteiger partial charge in [-0.15, -0.1) is 0 Å². The molecular formula is C17H24N4O3. The summed E-state index contributed by atoms with van der Waals surface area (Å²) >= 11 is 0. The Kier molecular flexibility index (Phi) is 4.99. The zero-order chi connectivity index (χ0) is 17.1. The van der Waals surface area contributed by atoms with Crippen molar-refractivity contribution in [1.29, 1.82) is 0 Å². The van der Waals surface area contributed by atoms with Crippen LogP contribution in [0, 0.1) is 0 Å². The predicted molar refractivity (Wildman–Crippen MR) is 91.6 cm³/mol. The topological polar surface area (TPSA) is 80.5 Å². The molecule has 3 heterocycles. The van der Waals surface area contributed by atoms with Crippen LogP contribution in [0.1, 0.15) is 43.0 Å². The number of carboxylic acid groups (broad SMARTS) is 1. The van der Waals surface area contributed by atoms with Crippen LogP contribution in [0.5, 0.6) is 0 Å². The number of hydrogen-bond donors (Lipinski definition) is 1. The van der Waals surface area contributed by atoms with Gasteiger partial charge >= 0.3 is 5.97 Å². The summed E-state index contributed by atoms with van der Waals surface area (Å²) < 4.78 is 7.81. The molecule has 7 heteroatoms. The minimum Gasteiger partial charge on any atom is -0.478 e. The number of nitrogens with zero attached hydrogens (tertiary/aromatic N) is 4. The summed E-state index contributed by atoms with van der Waals surface area (Å²) in [5, 5.41) is 9.12. The van der Waals surface area contributed by atoms with E-state index in [9.17, 15) is 4.79 Å². The third-order valence-corrected chi connectivity index (χ3v) is 4.53. The van der Waals surface area contributed by atoms with E-state index in [0.717, 1.165) is 50.6 Å². The van der Waals surface area contributed by atoms with Crippen molar-refractivity contribution in [2.75, 3.05) is 25.1 Å². The molecule has 1 unspecified atom stereocenters. The average Bonchev–Trinajstić information content (AvgIpc) is 2.98. The van der Waals surface area contributed by atoms with Gasteiger partial charge < -0.3 is 14.7 Å². The van der Waals surface area contributed by atoms with Crippen molar-refractivity contribution >= 4 is 23.1 Å². The number of aromatic carboxylic acids is 1. The summed E-state index contributed by atoms with van der Waals surface area (Å²) in [5.74, 6) is -0.168. The van der Waals surface area contributed by atoms with Gasteiger partial charge in [0.1, 0.15) is 5.52 Å². The molecule has 0 radical (unpaired) electrons. The lowest BCUT2D eigenvalue weighted by Crippen LogP contribution is -2.28. The SMILES string of the molecule is CCn1c(N(C)CCC2CCCCO2)nc2cc(C(=O)O)cnc21. The first-order valence-electron chi connectivity index (χ1n) is 8.52. The summed E-state index contributed by atoms with van der Waals surface area (Å²) in [6.45, 7) is 4.48. The first-order valence-corrected chi connectivity index (χ1v) is 8.52. The van der Waals surface area contributed by atoms with Crippen LogP contribution in [0.3, 0.4) is 0 Å². The largest absolute Gasteiger partial charge is 0.478 e. The van der Waals surface area contributed by atoms with Gasteiger partial charge in [0.05, 0.1) is 11.7 Å². The van der Waals surface area contributed by atoms with Gasteiger partial charge in [-0.05, 0) is 38.7 Å². The van der Waals surface area contributed by atoms with Crippen molar-refractivity contribution in [2.45, 2.75) is 45.3 Å². The van der Waals surface area contributed by atoms with Gasteiger partial charge in [-0.25, -0.2) is 14.8 Å². The molecule has 1 fully saturated rings. The van der Waals surface area contributed by atoms with Crippen LogP contribution in [0.15, 0.2) is 12.3 Å². The minimum atomic E-state index is -0.986. The van der Waals surface area contributed by atoms with Crippen molar-refractivity contribution < 1.29 is 14.6 Å². The Morgan fingerprint density at radius 1 is 1.50 bits per heavy atom. The fraction of sp³-hybridized carbons (Fsp3) is 0.588. The second kappa shape index (κ2) is 7.17. The number of hydrogen-bond acceptors (Lipinski definition) is 5. The number of aryl methyl sites for hydroxylation is 1. The lowest BCUT2D eigenvalue weighted by molar-refractivity contribution is 0.0126. The maximum Gasteiger partial charge on any atom is 0.337 e. The Hall–Kier alpha value is -2.15. The maximum absolute atomic E-state index is 11.1. The molecule has 7 nitrogen and oxygen atoms in total. The third-order valence-electron chi connectivity index (χ3n) is 4.53. The van der Waals surface area contributed by atoms with Crippen LogP contribution in [0.2, 0.25) is 0 Å². The fourth-order valence-electron chi connectivity index (χ4n) is 3.17. The molecule has 24 heavy (non-hydrogen) atoms. The van der Waals surface area contributed by atoms with E-state index in [2.05, 4.69) is 14.9 Å². The van der Waals surface area contributed by atoms with E-state index in [-0.39, 0.29) is 5.56 Å². The molecule has 130 valence electrons. The Labute approximate surface area is 141 Å². The van der Waals surface area contributed by atoms with Gasteiger partial charge in [0.2, 0.25) is 5.95 Å². The molecule has 1 saturated heterocycles. The number of rotatable bonds is 6. The smallest absolute Gasteiger partial charge is 0.337 e. The zero-order valence-corrected chi connectivity index (χ0v) is 14.2. The number of anilines is 1. The van der Waals surface area contributed by atoms with Gasteiger partial charge in [-0.3, -0.25) is 4.57 Å². The number of imidazole rings is 1. The monoisotopic (exact) mass is 332 g/mol. The Bertz CT molecular complexity index is 722. The molecule has 0 aliphatic carbocycles. The first-order chi connectivity index (χ1) is 11.6.